The van der Waals surface area contributed by atoms with Gasteiger partial charge in [-0.05, 0) is 49.7 Å². The van der Waals surface area contributed by atoms with E-state index in [1.807, 2.05) is 36.9 Å². The van der Waals surface area contributed by atoms with Crippen LogP contribution in [-0.2, 0) is 16.1 Å². The third-order valence-corrected chi connectivity index (χ3v) is 7.03. The summed E-state index contributed by atoms with van der Waals surface area (Å²) in [6.07, 6.45) is 1.61. The van der Waals surface area contributed by atoms with Crippen LogP contribution in [0.4, 0.5) is 0 Å². The van der Waals surface area contributed by atoms with Gasteiger partial charge in [-0.1, -0.05) is 6.07 Å². The summed E-state index contributed by atoms with van der Waals surface area (Å²) in [6, 6.07) is 11.4. The average molecular weight is 543 g/mol. The zero-order chi connectivity index (χ0) is 27.6. The normalized spacial score (nSPS) is 18.6. The number of nitrogens with zero attached hydrogens (tertiary/aromatic N) is 1. The molecule has 2 unspecified atom stereocenters. The van der Waals surface area contributed by atoms with Crippen molar-refractivity contribution in [1.29, 1.82) is 0 Å². The van der Waals surface area contributed by atoms with Crippen LogP contribution in [0.3, 0.4) is 0 Å². The standard InChI is InChI=1S/C30H42N2O7/c1-21(2)32(30(33)23-8-10-25(35-4)28(16-23)38-12-5-11-34-3)19-24-17-31-18-29(24)39-20-22-7-9-26-27(15-22)37-14-6-13-36-26/h7-10,15-16,21,24,29,31H,5-6,11-14,17-20H2,1-4H3. The molecule has 1 saturated heterocycles. The van der Waals surface area contributed by atoms with Crippen molar-refractivity contribution in [1.82, 2.24) is 10.2 Å². The molecule has 1 fully saturated rings. The highest BCUT2D eigenvalue weighted by Gasteiger charge is 2.32. The minimum atomic E-state index is -0.0389. The summed E-state index contributed by atoms with van der Waals surface area (Å²) in [6.45, 7) is 9.09. The van der Waals surface area contributed by atoms with Gasteiger partial charge in [0.25, 0.3) is 5.91 Å². The van der Waals surface area contributed by atoms with E-state index in [9.17, 15) is 4.79 Å². The van der Waals surface area contributed by atoms with Crippen LogP contribution < -0.4 is 24.3 Å². The lowest BCUT2D eigenvalue weighted by molar-refractivity contribution is 0.0128. The Morgan fingerprint density at radius 2 is 1.85 bits per heavy atom. The van der Waals surface area contributed by atoms with E-state index in [4.69, 9.17) is 28.4 Å². The molecule has 214 valence electrons. The number of carbonyl (C=O) groups excluding carboxylic acids is 1. The van der Waals surface area contributed by atoms with Gasteiger partial charge in [0.1, 0.15) is 0 Å². The predicted octanol–water partition coefficient (Wildman–Crippen LogP) is 3.93. The maximum Gasteiger partial charge on any atom is 0.254 e. The molecule has 0 aliphatic carbocycles. The molecule has 0 aromatic heterocycles. The predicted molar refractivity (Wildman–Crippen MR) is 148 cm³/mol. The van der Waals surface area contributed by atoms with E-state index in [0.717, 1.165) is 43.0 Å². The Labute approximate surface area is 231 Å². The molecule has 0 saturated carbocycles. The number of ether oxygens (including phenoxy) is 6. The molecule has 9 nitrogen and oxygen atoms in total. The molecule has 2 atom stereocenters. The third kappa shape index (κ3) is 7.77. The van der Waals surface area contributed by atoms with Crippen molar-refractivity contribution >= 4 is 5.91 Å². The second kappa shape index (κ2) is 14.4. The van der Waals surface area contributed by atoms with Crippen molar-refractivity contribution in [2.24, 2.45) is 5.92 Å². The lowest BCUT2D eigenvalue weighted by Gasteiger charge is -2.31. The maximum atomic E-state index is 13.7. The number of hydrogen-bond donors (Lipinski definition) is 1. The summed E-state index contributed by atoms with van der Waals surface area (Å²) < 4.78 is 34.4. The topological polar surface area (TPSA) is 87.7 Å². The van der Waals surface area contributed by atoms with Gasteiger partial charge in [0, 0.05) is 63.7 Å². The van der Waals surface area contributed by atoms with Crippen molar-refractivity contribution < 1.29 is 33.2 Å². The number of carbonyl (C=O) groups is 1. The first-order valence-corrected chi connectivity index (χ1v) is 13.8. The number of rotatable bonds is 13. The molecule has 1 amide bonds. The zero-order valence-corrected chi connectivity index (χ0v) is 23.6. The summed E-state index contributed by atoms with van der Waals surface area (Å²) in [5.74, 6) is 2.84. The zero-order valence-electron chi connectivity index (χ0n) is 23.6. The van der Waals surface area contributed by atoms with Gasteiger partial charge in [0.05, 0.1) is 39.6 Å². The van der Waals surface area contributed by atoms with E-state index in [1.54, 1.807) is 32.4 Å². The van der Waals surface area contributed by atoms with Crippen LogP contribution in [0.2, 0.25) is 0 Å². The summed E-state index contributed by atoms with van der Waals surface area (Å²) in [4.78, 5) is 15.6. The Balaban J connectivity index is 1.39. The number of hydrogen-bond acceptors (Lipinski definition) is 8. The fourth-order valence-electron chi connectivity index (χ4n) is 4.84. The summed E-state index contributed by atoms with van der Waals surface area (Å²) in [5.41, 5.74) is 1.61. The van der Waals surface area contributed by atoms with Crippen LogP contribution in [0, 0.1) is 5.92 Å². The second-order valence-corrected chi connectivity index (χ2v) is 10.2. The van der Waals surface area contributed by atoms with Crippen LogP contribution in [0.25, 0.3) is 0 Å². The Morgan fingerprint density at radius 3 is 2.62 bits per heavy atom. The lowest BCUT2D eigenvalue weighted by Crippen LogP contribution is -2.43. The van der Waals surface area contributed by atoms with Gasteiger partial charge < -0.3 is 38.6 Å². The van der Waals surface area contributed by atoms with Crippen molar-refractivity contribution in [2.45, 2.75) is 45.4 Å². The monoisotopic (exact) mass is 542 g/mol. The van der Waals surface area contributed by atoms with Gasteiger partial charge in [0.15, 0.2) is 23.0 Å². The molecule has 0 radical (unpaired) electrons. The fourth-order valence-corrected chi connectivity index (χ4v) is 4.84. The van der Waals surface area contributed by atoms with Gasteiger partial charge in [-0.15, -0.1) is 0 Å². The summed E-state index contributed by atoms with van der Waals surface area (Å²) in [7, 11) is 3.26. The Kier molecular flexibility index (Phi) is 10.7. The van der Waals surface area contributed by atoms with Crippen LogP contribution in [0.15, 0.2) is 36.4 Å². The van der Waals surface area contributed by atoms with Gasteiger partial charge in [-0.3, -0.25) is 4.79 Å². The van der Waals surface area contributed by atoms with Crippen molar-refractivity contribution in [3.05, 3.63) is 47.5 Å². The molecule has 2 aromatic rings. The first kappa shape index (κ1) is 29.0. The van der Waals surface area contributed by atoms with E-state index in [0.29, 0.717) is 56.6 Å². The molecule has 9 heteroatoms. The van der Waals surface area contributed by atoms with Gasteiger partial charge in [0.2, 0.25) is 0 Å². The minimum Gasteiger partial charge on any atom is -0.493 e. The molecule has 2 heterocycles. The molecule has 0 bridgehead atoms. The lowest BCUT2D eigenvalue weighted by atomic mass is 10.0. The van der Waals surface area contributed by atoms with Crippen LogP contribution in [-0.4, -0.2) is 83.2 Å². The smallest absolute Gasteiger partial charge is 0.254 e. The highest BCUT2D eigenvalue weighted by molar-refractivity contribution is 5.95. The van der Waals surface area contributed by atoms with E-state index in [2.05, 4.69) is 5.32 Å². The maximum absolute atomic E-state index is 13.7. The number of nitrogens with one attached hydrogen (secondary N) is 1. The molecule has 4 rings (SSSR count). The Bertz CT molecular complexity index is 1080. The number of fused-ring (bicyclic) bond motifs is 1. The molecule has 39 heavy (non-hydrogen) atoms. The molecule has 2 aliphatic heterocycles. The Hall–Kier alpha value is -3.01. The molecular formula is C30H42N2O7. The highest BCUT2D eigenvalue weighted by Crippen LogP contribution is 2.32. The SMILES string of the molecule is COCCCOc1cc(C(=O)N(CC2CNCC2OCc2ccc3c(c2)OCCCO3)C(C)C)ccc1OC. The number of methoxy groups -OCH3 is 2. The first-order chi connectivity index (χ1) is 19.0. The molecule has 2 aromatic carbocycles. The minimum absolute atomic E-state index is 0.00873. The fraction of sp³-hybridized carbons (Fsp3) is 0.567. The number of benzene rings is 2. The van der Waals surface area contributed by atoms with Crippen molar-refractivity contribution in [2.75, 3.05) is 60.3 Å². The largest absolute Gasteiger partial charge is 0.493 e. The van der Waals surface area contributed by atoms with E-state index < -0.39 is 0 Å². The van der Waals surface area contributed by atoms with Crippen LogP contribution >= 0.6 is 0 Å². The van der Waals surface area contributed by atoms with Crippen molar-refractivity contribution in [3.8, 4) is 23.0 Å². The van der Waals surface area contributed by atoms with Gasteiger partial charge >= 0.3 is 0 Å². The van der Waals surface area contributed by atoms with E-state index in [-0.39, 0.29) is 24.0 Å². The van der Waals surface area contributed by atoms with E-state index in [1.165, 1.54) is 0 Å². The highest BCUT2D eigenvalue weighted by atomic mass is 16.5. The summed E-state index contributed by atoms with van der Waals surface area (Å²) >= 11 is 0. The third-order valence-electron chi connectivity index (χ3n) is 7.03. The van der Waals surface area contributed by atoms with Crippen LogP contribution in [0.1, 0.15) is 42.6 Å². The second-order valence-electron chi connectivity index (χ2n) is 10.2. The molecule has 1 N–H and O–H groups in total. The molecular weight excluding hydrogens is 500 g/mol. The molecule has 0 spiro atoms. The molecule has 2 aliphatic rings. The Morgan fingerprint density at radius 1 is 1.03 bits per heavy atom. The quantitative estimate of drug-likeness (QED) is 0.381. The van der Waals surface area contributed by atoms with Gasteiger partial charge in [-0.25, -0.2) is 0 Å². The van der Waals surface area contributed by atoms with E-state index >= 15 is 0 Å². The number of amides is 1. The average Bonchev–Trinajstić information content (AvgIpc) is 3.26. The summed E-state index contributed by atoms with van der Waals surface area (Å²) in [5, 5.41) is 3.44. The van der Waals surface area contributed by atoms with Crippen molar-refractivity contribution in [3.63, 3.8) is 0 Å². The first-order valence-electron chi connectivity index (χ1n) is 13.8. The van der Waals surface area contributed by atoms with Gasteiger partial charge in [-0.2, -0.15) is 0 Å². The van der Waals surface area contributed by atoms with Crippen LogP contribution in [0.5, 0.6) is 23.0 Å².